The number of hydrogen-bond acceptors (Lipinski definition) is 3. The van der Waals surface area contributed by atoms with E-state index >= 15 is 0 Å². The molecule has 1 fully saturated rings. The summed E-state index contributed by atoms with van der Waals surface area (Å²) in [6, 6.07) is 8.50. The van der Waals surface area contributed by atoms with Crippen LogP contribution in [0.25, 0.3) is 0 Å². The van der Waals surface area contributed by atoms with Gasteiger partial charge in [-0.3, -0.25) is 0 Å². The smallest absolute Gasteiger partial charge is 0.119 e. The van der Waals surface area contributed by atoms with Crippen LogP contribution in [-0.4, -0.2) is 26.9 Å². The van der Waals surface area contributed by atoms with E-state index in [0.29, 0.717) is 0 Å². The maximum Gasteiger partial charge on any atom is 0.119 e. The van der Waals surface area contributed by atoms with Crippen molar-refractivity contribution in [2.75, 3.05) is 26.9 Å². The predicted octanol–water partition coefficient (Wildman–Crippen LogP) is 3.16. The second-order valence-electron chi connectivity index (χ2n) is 5.26. The predicted molar refractivity (Wildman–Crippen MR) is 77.6 cm³/mol. The second-order valence-corrected chi connectivity index (χ2v) is 5.26. The van der Waals surface area contributed by atoms with Crippen LogP contribution < -0.4 is 10.1 Å². The quantitative estimate of drug-likeness (QED) is 0.742. The summed E-state index contributed by atoms with van der Waals surface area (Å²) in [7, 11) is 1.71. The summed E-state index contributed by atoms with van der Waals surface area (Å²) < 4.78 is 11.1. The highest BCUT2D eigenvalue weighted by molar-refractivity contribution is 5.30. The zero-order valence-electron chi connectivity index (χ0n) is 12.0. The Bertz CT molecular complexity index is 377. The minimum atomic E-state index is 0.258. The zero-order chi connectivity index (χ0) is 13.5. The molecule has 0 spiro atoms. The van der Waals surface area contributed by atoms with Gasteiger partial charge >= 0.3 is 0 Å². The van der Waals surface area contributed by atoms with Crippen LogP contribution in [0.3, 0.4) is 0 Å². The van der Waals surface area contributed by atoms with Crippen LogP contribution >= 0.6 is 0 Å². The van der Waals surface area contributed by atoms with E-state index in [4.69, 9.17) is 9.47 Å². The minimum Gasteiger partial charge on any atom is -0.497 e. The average molecular weight is 263 g/mol. The molecule has 0 aliphatic heterocycles. The van der Waals surface area contributed by atoms with E-state index in [-0.39, 0.29) is 6.04 Å². The van der Waals surface area contributed by atoms with Crippen molar-refractivity contribution in [2.24, 2.45) is 5.92 Å². The molecule has 0 heterocycles. The van der Waals surface area contributed by atoms with E-state index < -0.39 is 0 Å². The third-order valence-electron chi connectivity index (χ3n) is 3.47. The van der Waals surface area contributed by atoms with Gasteiger partial charge in [0.1, 0.15) is 5.75 Å². The molecule has 1 atom stereocenters. The fraction of sp³-hybridized carbons (Fsp3) is 0.625. The summed E-state index contributed by atoms with van der Waals surface area (Å²) in [5.41, 5.74) is 1.24. The first-order valence-corrected chi connectivity index (χ1v) is 7.28. The summed E-state index contributed by atoms with van der Waals surface area (Å²) in [4.78, 5) is 0. The number of hydrogen-bond donors (Lipinski definition) is 1. The van der Waals surface area contributed by atoms with Crippen LogP contribution in [0.15, 0.2) is 24.3 Å². The molecule has 0 saturated heterocycles. The molecule has 0 amide bonds. The lowest BCUT2D eigenvalue weighted by Crippen LogP contribution is -2.26. The summed E-state index contributed by atoms with van der Waals surface area (Å²) in [6.45, 7) is 4.84. The molecule has 0 bridgehead atoms. The Hall–Kier alpha value is -1.06. The van der Waals surface area contributed by atoms with Crippen molar-refractivity contribution >= 4 is 0 Å². The molecule has 1 unspecified atom stereocenters. The van der Waals surface area contributed by atoms with E-state index in [1.165, 1.54) is 18.4 Å². The van der Waals surface area contributed by atoms with E-state index in [1.807, 2.05) is 12.1 Å². The molecule has 1 aliphatic carbocycles. The SMILES string of the molecule is CCCNC(COCC1CC1)c1cccc(OC)c1. The summed E-state index contributed by atoms with van der Waals surface area (Å²) in [5.74, 6) is 1.72. The van der Waals surface area contributed by atoms with Crippen LogP contribution in [0.4, 0.5) is 0 Å². The van der Waals surface area contributed by atoms with E-state index in [1.54, 1.807) is 7.11 Å². The van der Waals surface area contributed by atoms with Crippen molar-refractivity contribution in [3.8, 4) is 5.75 Å². The standard InChI is InChI=1S/C16H25NO2/c1-3-9-17-16(12-19-11-13-7-8-13)14-5-4-6-15(10-14)18-2/h4-6,10,13,16-17H,3,7-9,11-12H2,1-2H3. The van der Waals surface area contributed by atoms with Crippen molar-refractivity contribution < 1.29 is 9.47 Å². The Balaban J connectivity index is 1.92. The fourth-order valence-electron chi connectivity index (χ4n) is 2.09. The number of methoxy groups -OCH3 is 1. The molecule has 0 radical (unpaired) electrons. The first-order chi connectivity index (χ1) is 9.33. The van der Waals surface area contributed by atoms with E-state index in [0.717, 1.165) is 37.8 Å². The third-order valence-corrected chi connectivity index (χ3v) is 3.47. The monoisotopic (exact) mass is 263 g/mol. The maximum absolute atomic E-state index is 5.84. The van der Waals surface area contributed by atoms with Gasteiger partial charge in [-0.05, 0) is 49.4 Å². The molecule has 1 aliphatic rings. The lowest BCUT2D eigenvalue weighted by molar-refractivity contribution is 0.103. The number of benzene rings is 1. The largest absolute Gasteiger partial charge is 0.497 e. The number of rotatable bonds is 9. The number of nitrogens with one attached hydrogen (secondary N) is 1. The van der Waals surface area contributed by atoms with Gasteiger partial charge in [-0.2, -0.15) is 0 Å². The lowest BCUT2D eigenvalue weighted by Gasteiger charge is -2.19. The van der Waals surface area contributed by atoms with Gasteiger partial charge in [0.15, 0.2) is 0 Å². The first-order valence-electron chi connectivity index (χ1n) is 7.28. The van der Waals surface area contributed by atoms with Crippen LogP contribution in [0, 0.1) is 5.92 Å². The Kier molecular flexibility index (Phi) is 5.67. The average Bonchev–Trinajstić information content (AvgIpc) is 3.27. The molecule has 3 nitrogen and oxygen atoms in total. The van der Waals surface area contributed by atoms with Gasteiger partial charge in [0.2, 0.25) is 0 Å². The number of ether oxygens (including phenoxy) is 2. The molecular weight excluding hydrogens is 238 g/mol. The zero-order valence-corrected chi connectivity index (χ0v) is 12.0. The van der Waals surface area contributed by atoms with E-state index in [2.05, 4.69) is 24.4 Å². The van der Waals surface area contributed by atoms with Crippen molar-refractivity contribution in [3.63, 3.8) is 0 Å². The molecular formula is C16H25NO2. The molecule has 0 aromatic heterocycles. The Morgan fingerprint density at radius 3 is 2.89 bits per heavy atom. The van der Waals surface area contributed by atoms with Gasteiger partial charge in [-0.25, -0.2) is 0 Å². The van der Waals surface area contributed by atoms with Crippen molar-refractivity contribution in [1.82, 2.24) is 5.32 Å². The third kappa shape index (κ3) is 4.84. The lowest BCUT2D eigenvalue weighted by atomic mass is 10.1. The van der Waals surface area contributed by atoms with Crippen molar-refractivity contribution in [2.45, 2.75) is 32.2 Å². The molecule has 2 rings (SSSR count). The van der Waals surface area contributed by atoms with Crippen molar-refractivity contribution in [1.29, 1.82) is 0 Å². The topological polar surface area (TPSA) is 30.5 Å². The van der Waals surface area contributed by atoms with Crippen LogP contribution in [0.1, 0.15) is 37.8 Å². The molecule has 1 N–H and O–H groups in total. The van der Waals surface area contributed by atoms with E-state index in [9.17, 15) is 0 Å². The van der Waals surface area contributed by atoms with Gasteiger partial charge in [0.05, 0.1) is 19.8 Å². The summed E-state index contributed by atoms with van der Waals surface area (Å²) in [6.07, 6.45) is 3.81. The summed E-state index contributed by atoms with van der Waals surface area (Å²) >= 11 is 0. The molecule has 106 valence electrons. The fourth-order valence-corrected chi connectivity index (χ4v) is 2.09. The Morgan fingerprint density at radius 2 is 2.21 bits per heavy atom. The Morgan fingerprint density at radius 1 is 1.37 bits per heavy atom. The van der Waals surface area contributed by atoms with Crippen molar-refractivity contribution in [3.05, 3.63) is 29.8 Å². The second kappa shape index (κ2) is 7.51. The molecule has 19 heavy (non-hydrogen) atoms. The maximum atomic E-state index is 5.84. The van der Waals surface area contributed by atoms with Crippen LogP contribution in [0.2, 0.25) is 0 Å². The molecule has 3 heteroatoms. The van der Waals surface area contributed by atoms with Gasteiger partial charge in [-0.15, -0.1) is 0 Å². The van der Waals surface area contributed by atoms with Gasteiger partial charge < -0.3 is 14.8 Å². The normalized spacial score (nSPS) is 16.3. The van der Waals surface area contributed by atoms with Gasteiger partial charge in [0.25, 0.3) is 0 Å². The minimum absolute atomic E-state index is 0.258. The highest BCUT2D eigenvalue weighted by Gasteiger charge is 2.22. The highest BCUT2D eigenvalue weighted by atomic mass is 16.5. The first kappa shape index (κ1) is 14.4. The van der Waals surface area contributed by atoms with Gasteiger partial charge in [-0.1, -0.05) is 19.1 Å². The molecule has 1 saturated carbocycles. The molecule has 1 aromatic carbocycles. The van der Waals surface area contributed by atoms with Gasteiger partial charge in [0, 0.05) is 6.61 Å². The van der Waals surface area contributed by atoms with Crippen LogP contribution in [-0.2, 0) is 4.74 Å². The molecule has 1 aromatic rings. The summed E-state index contributed by atoms with van der Waals surface area (Å²) in [5, 5.41) is 3.55. The van der Waals surface area contributed by atoms with Crippen LogP contribution in [0.5, 0.6) is 5.75 Å². The Labute approximate surface area is 116 Å². The highest BCUT2D eigenvalue weighted by Crippen LogP contribution is 2.29.